The Hall–Kier alpha value is -3.07. The number of hydrogen-bond donors (Lipinski definition) is 5. The number of carboxylic acid groups (broad SMARTS) is 2. The summed E-state index contributed by atoms with van der Waals surface area (Å²) >= 11 is 0. The summed E-state index contributed by atoms with van der Waals surface area (Å²) in [6, 6.07) is -1.11. The Labute approximate surface area is 317 Å². The van der Waals surface area contributed by atoms with Crippen LogP contribution in [-0.2, 0) is 42.9 Å². The zero-order valence-electron chi connectivity index (χ0n) is 32.7. The average molecular weight is 758 g/mol. The van der Waals surface area contributed by atoms with Crippen molar-refractivity contribution in [1.29, 1.82) is 0 Å². The largest absolute Gasteiger partial charge is 0.481 e. The number of ether oxygens (including phenoxy) is 4. The molecule has 0 rings (SSSR count). The van der Waals surface area contributed by atoms with Gasteiger partial charge < -0.3 is 45.1 Å². The number of ketones is 1. The van der Waals surface area contributed by atoms with Crippen LogP contribution in [0, 0.1) is 5.92 Å². The molecule has 0 aliphatic rings. The standard InChI is InChI=1S/C39H71N3O11/c1-32(2)35(43)31-53-29-27-50-24-22-40-33(3)30-52-28-26-51-25-23-41-36(44)21-20-34(39(48)49)42-37(45)18-16-14-12-10-8-6-4-5-7-9-11-13-15-17-19-38(46)47/h32,34,40H,3-31H2,1-2H3,(H,41,44)(H,42,45)(H,46,47)(H,48,49). The lowest BCUT2D eigenvalue weighted by Crippen LogP contribution is -2.41. The molecule has 5 N–H and O–H groups in total. The first-order valence-corrected chi connectivity index (χ1v) is 19.8. The number of amides is 2. The van der Waals surface area contributed by atoms with Crippen molar-refractivity contribution >= 4 is 29.5 Å². The molecule has 14 nitrogen and oxygen atoms in total. The first kappa shape index (κ1) is 49.9. The van der Waals surface area contributed by atoms with Gasteiger partial charge in [-0.15, -0.1) is 0 Å². The fourth-order valence-corrected chi connectivity index (χ4v) is 5.16. The van der Waals surface area contributed by atoms with Crippen LogP contribution >= 0.6 is 0 Å². The second-order valence-corrected chi connectivity index (χ2v) is 13.7. The van der Waals surface area contributed by atoms with Gasteiger partial charge in [0.1, 0.15) is 12.6 Å². The summed E-state index contributed by atoms with van der Waals surface area (Å²) in [7, 11) is 0. The Morgan fingerprint density at radius 2 is 1.00 bits per heavy atom. The van der Waals surface area contributed by atoms with Crippen LogP contribution in [0.4, 0.5) is 0 Å². The van der Waals surface area contributed by atoms with Crippen LogP contribution in [0.5, 0.6) is 0 Å². The molecule has 53 heavy (non-hydrogen) atoms. The maximum atomic E-state index is 12.3. The molecular formula is C39H71N3O11. The molecule has 2 amide bonds. The average Bonchev–Trinajstić information content (AvgIpc) is 3.11. The molecule has 0 aromatic heterocycles. The molecule has 0 spiro atoms. The van der Waals surface area contributed by atoms with Gasteiger partial charge in [0.05, 0.1) is 46.2 Å². The van der Waals surface area contributed by atoms with Gasteiger partial charge in [-0.05, 0) is 19.3 Å². The summed E-state index contributed by atoms with van der Waals surface area (Å²) in [5, 5.41) is 26.5. The van der Waals surface area contributed by atoms with Crippen LogP contribution < -0.4 is 16.0 Å². The molecule has 0 saturated heterocycles. The molecule has 0 radical (unpaired) electrons. The highest BCUT2D eigenvalue weighted by Gasteiger charge is 2.20. The number of carbonyl (C=O) groups is 5. The van der Waals surface area contributed by atoms with E-state index in [-0.39, 0.29) is 69.0 Å². The fourth-order valence-electron chi connectivity index (χ4n) is 5.16. The molecular weight excluding hydrogens is 686 g/mol. The fraction of sp³-hybridized carbons (Fsp3) is 0.821. The van der Waals surface area contributed by atoms with Gasteiger partial charge in [0.15, 0.2) is 5.78 Å². The molecule has 1 unspecified atom stereocenters. The summed E-state index contributed by atoms with van der Waals surface area (Å²) in [6.45, 7) is 11.0. The summed E-state index contributed by atoms with van der Waals surface area (Å²) in [5.41, 5.74) is 0.705. The van der Waals surface area contributed by atoms with Crippen LogP contribution in [0.3, 0.4) is 0 Å². The van der Waals surface area contributed by atoms with Crippen LogP contribution in [0.25, 0.3) is 0 Å². The highest BCUT2D eigenvalue weighted by Crippen LogP contribution is 2.14. The SMILES string of the molecule is C=C(COCCOCCNC(=O)CCC(NC(=O)CCCCCCCCCCCCCCCCC(=O)O)C(=O)O)NCCOCCOCC(=O)C(C)C. The number of carboxylic acids is 2. The third kappa shape index (κ3) is 35.7. The van der Waals surface area contributed by atoms with Crippen LogP contribution in [0.15, 0.2) is 12.3 Å². The van der Waals surface area contributed by atoms with Crippen molar-refractivity contribution in [2.45, 2.75) is 135 Å². The molecule has 0 aliphatic heterocycles. The maximum Gasteiger partial charge on any atom is 0.326 e. The van der Waals surface area contributed by atoms with Crippen molar-refractivity contribution in [2.24, 2.45) is 5.92 Å². The molecule has 0 aliphatic carbocycles. The molecule has 0 heterocycles. The van der Waals surface area contributed by atoms with E-state index in [2.05, 4.69) is 22.5 Å². The number of rotatable bonds is 40. The smallest absolute Gasteiger partial charge is 0.326 e. The van der Waals surface area contributed by atoms with Crippen molar-refractivity contribution in [3.8, 4) is 0 Å². The molecule has 0 bridgehead atoms. The summed E-state index contributed by atoms with van der Waals surface area (Å²) < 4.78 is 21.7. The van der Waals surface area contributed by atoms with Gasteiger partial charge in [-0.1, -0.05) is 97.5 Å². The van der Waals surface area contributed by atoms with E-state index in [9.17, 15) is 29.1 Å². The lowest BCUT2D eigenvalue weighted by atomic mass is 10.0. The van der Waals surface area contributed by atoms with Gasteiger partial charge in [-0.2, -0.15) is 0 Å². The van der Waals surface area contributed by atoms with E-state index >= 15 is 0 Å². The first-order chi connectivity index (χ1) is 25.5. The number of carbonyl (C=O) groups excluding carboxylic acids is 3. The number of hydrogen-bond acceptors (Lipinski definition) is 10. The van der Waals surface area contributed by atoms with E-state index in [1.54, 1.807) is 0 Å². The molecule has 1 atom stereocenters. The topological polar surface area (TPSA) is 199 Å². The monoisotopic (exact) mass is 758 g/mol. The normalized spacial score (nSPS) is 11.7. The van der Waals surface area contributed by atoms with E-state index in [4.69, 9.17) is 24.1 Å². The zero-order valence-corrected chi connectivity index (χ0v) is 32.7. The Bertz CT molecular complexity index is 994. The van der Waals surface area contributed by atoms with Crippen LogP contribution in [0.1, 0.15) is 129 Å². The molecule has 308 valence electrons. The lowest BCUT2D eigenvalue weighted by molar-refractivity contribution is -0.142. The minimum Gasteiger partial charge on any atom is -0.481 e. The summed E-state index contributed by atoms with van der Waals surface area (Å²) in [4.78, 5) is 58.1. The van der Waals surface area contributed by atoms with Gasteiger partial charge in [-0.3, -0.25) is 19.2 Å². The maximum absolute atomic E-state index is 12.3. The second kappa shape index (κ2) is 35.9. The molecule has 0 fully saturated rings. The number of unbranched alkanes of at least 4 members (excludes halogenated alkanes) is 13. The van der Waals surface area contributed by atoms with Gasteiger partial charge in [0.25, 0.3) is 0 Å². The van der Waals surface area contributed by atoms with Crippen LogP contribution in [0.2, 0.25) is 0 Å². The first-order valence-electron chi connectivity index (χ1n) is 19.8. The van der Waals surface area contributed by atoms with Crippen molar-refractivity contribution in [3.63, 3.8) is 0 Å². The Morgan fingerprint density at radius 1 is 0.547 bits per heavy atom. The third-order valence-electron chi connectivity index (χ3n) is 8.44. The number of Topliss-reactive ketones (excluding diaryl/α,β-unsaturated/α-hetero) is 1. The van der Waals surface area contributed by atoms with Crippen molar-refractivity contribution in [3.05, 3.63) is 12.3 Å². The van der Waals surface area contributed by atoms with Gasteiger partial charge in [-0.25, -0.2) is 4.79 Å². The Morgan fingerprint density at radius 3 is 1.49 bits per heavy atom. The summed E-state index contributed by atoms with van der Waals surface area (Å²) in [5.74, 6) is -2.45. The molecule has 0 aromatic carbocycles. The predicted octanol–water partition coefficient (Wildman–Crippen LogP) is 5.17. The van der Waals surface area contributed by atoms with E-state index in [1.165, 1.54) is 44.9 Å². The minimum atomic E-state index is -1.16. The van der Waals surface area contributed by atoms with E-state index < -0.39 is 18.0 Å². The third-order valence-corrected chi connectivity index (χ3v) is 8.44. The molecule has 14 heteroatoms. The van der Waals surface area contributed by atoms with Gasteiger partial charge in [0, 0.05) is 44.0 Å². The summed E-state index contributed by atoms with van der Waals surface area (Å²) in [6.07, 6.45) is 15.8. The minimum absolute atomic E-state index is 0.00741. The van der Waals surface area contributed by atoms with Gasteiger partial charge in [0.2, 0.25) is 11.8 Å². The quantitative estimate of drug-likeness (QED) is 0.0515. The lowest BCUT2D eigenvalue weighted by Gasteiger charge is -2.14. The predicted molar refractivity (Wildman–Crippen MR) is 204 cm³/mol. The Kier molecular flexibility index (Phi) is 33.9. The number of aliphatic carboxylic acids is 2. The van der Waals surface area contributed by atoms with E-state index in [1.807, 2.05) is 13.8 Å². The highest BCUT2D eigenvalue weighted by molar-refractivity contribution is 5.84. The molecule has 0 aromatic rings. The van der Waals surface area contributed by atoms with E-state index in [0.717, 1.165) is 38.5 Å². The highest BCUT2D eigenvalue weighted by atomic mass is 16.5. The van der Waals surface area contributed by atoms with Crippen molar-refractivity contribution in [2.75, 3.05) is 65.9 Å². The van der Waals surface area contributed by atoms with Crippen molar-refractivity contribution < 1.29 is 53.1 Å². The zero-order chi connectivity index (χ0) is 39.4. The molecule has 0 saturated carbocycles. The number of nitrogens with one attached hydrogen (secondary N) is 3. The van der Waals surface area contributed by atoms with E-state index in [0.29, 0.717) is 58.3 Å². The van der Waals surface area contributed by atoms with Gasteiger partial charge >= 0.3 is 11.9 Å². The Balaban J connectivity index is 3.66. The van der Waals surface area contributed by atoms with Crippen LogP contribution in [-0.4, -0.2) is 112 Å². The second-order valence-electron chi connectivity index (χ2n) is 13.7. The van der Waals surface area contributed by atoms with Crippen molar-refractivity contribution in [1.82, 2.24) is 16.0 Å².